The third-order valence-electron chi connectivity index (χ3n) is 0.667. The zero-order chi connectivity index (χ0) is 8.24. The van der Waals surface area contributed by atoms with Gasteiger partial charge in [-0.3, -0.25) is 0 Å². The summed E-state index contributed by atoms with van der Waals surface area (Å²) in [5.41, 5.74) is 0. The number of rotatable bonds is 4. The van der Waals surface area contributed by atoms with E-state index in [4.69, 9.17) is 9.47 Å². The van der Waals surface area contributed by atoms with Crippen LogP contribution < -0.4 is 0 Å². The van der Waals surface area contributed by atoms with E-state index in [1.54, 1.807) is 13.2 Å². The maximum atomic E-state index is 4.71. The van der Waals surface area contributed by atoms with E-state index in [-0.39, 0.29) is 32.7 Å². The molecule has 0 atom stereocenters. The van der Waals surface area contributed by atoms with E-state index in [0.29, 0.717) is 0 Å². The van der Waals surface area contributed by atoms with Crippen LogP contribution in [0.1, 0.15) is 27.7 Å². The van der Waals surface area contributed by atoms with E-state index in [1.165, 1.54) is 0 Å². The molecule has 2 nitrogen and oxygen atoms in total. The molecule has 3 heteroatoms. The minimum absolute atomic E-state index is 0. The standard InChI is InChI=1S/2C4H9O.Y/c2*1-3-5-4-2;/h2*3H,4H2,1-2H3;/q2*-1;+3. The number of ether oxygens (including phenoxy) is 2. The zero-order valence-corrected chi connectivity index (χ0v) is 10.8. The van der Waals surface area contributed by atoms with Crippen molar-refractivity contribution in [2.45, 2.75) is 27.7 Å². The summed E-state index contributed by atoms with van der Waals surface area (Å²) < 4.78 is 9.42. The summed E-state index contributed by atoms with van der Waals surface area (Å²) in [5, 5.41) is 0. The van der Waals surface area contributed by atoms with Gasteiger partial charge in [0.05, 0.1) is 0 Å². The Morgan fingerprint density at radius 2 is 1.18 bits per heavy atom. The van der Waals surface area contributed by atoms with Crippen molar-refractivity contribution in [2.24, 2.45) is 0 Å². The SMILES string of the molecule is C[CH-]OCC.C[CH-]OCC.[Y+3]. The van der Waals surface area contributed by atoms with Crippen LogP contribution in [0.25, 0.3) is 0 Å². The molecule has 0 aromatic heterocycles. The van der Waals surface area contributed by atoms with Crippen molar-refractivity contribution in [1.82, 2.24) is 0 Å². The molecular weight excluding hydrogens is 217 g/mol. The van der Waals surface area contributed by atoms with Gasteiger partial charge in [-0.1, -0.05) is 0 Å². The Kier molecular flexibility index (Phi) is 36.6. The number of hydrogen-bond acceptors (Lipinski definition) is 2. The summed E-state index contributed by atoms with van der Waals surface area (Å²) in [6.07, 6.45) is 0. The monoisotopic (exact) mass is 235 g/mol. The summed E-state index contributed by atoms with van der Waals surface area (Å²) in [6, 6.07) is 0. The second-order valence-electron chi connectivity index (χ2n) is 1.38. The molecule has 0 fully saturated rings. The Bertz CT molecular complexity index is 33.1. The molecule has 0 aliphatic carbocycles. The van der Waals surface area contributed by atoms with Crippen molar-refractivity contribution in [3.8, 4) is 0 Å². The molecule has 0 bridgehead atoms. The Labute approximate surface area is 95.9 Å². The zero-order valence-electron chi connectivity index (χ0n) is 7.96. The maximum Gasteiger partial charge on any atom is 3.00 e. The Morgan fingerprint density at radius 3 is 1.18 bits per heavy atom. The van der Waals surface area contributed by atoms with Gasteiger partial charge in [0, 0.05) is 13.2 Å². The van der Waals surface area contributed by atoms with Gasteiger partial charge in [-0.25, -0.2) is 13.2 Å². The van der Waals surface area contributed by atoms with Gasteiger partial charge in [0.2, 0.25) is 0 Å². The van der Waals surface area contributed by atoms with E-state index in [1.807, 2.05) is 27.7 Å². The Balaban J connectivity index is -0.000000107. The van der Waals surface area contributed by atoms with E-state index in [0.717, 1.165) is 13.2 Å². The molecule has 11 heavy (non-hydrogen) atoms. The summed E-state index contributed by atoms with van der Waals surface area (Å²) in [7, 11) is 0. The predicted molar refractivity (Wildman–Crippen MR) is 43.2 cm³/mol. The van der Waals surface area contributed by atoms with Crippen LogP contribution in [-0.2, 0) is 42.2 Å². The minimum Gasteiger partial charge on any atom is -0.552 e. The fourth-order valence-corrected chi connectivity index (χ4v) is 0.333. The molecule has 0 aromatic rings. The largest absolute Gasteiger partial charge is 3.00 e. The third-order valence-corrected chi connectivity index (χ3v) is 0.667. The second kappa shape index (κ2) is 22.5. The minimum atomic E-state index is 0. The maximum absolute atomic E-state index is 4.71. The van der Waals surface area contributed by atoms with Crippen molar-refractivity contribution in [3.63, 3.8) is 0 Å². The molecule has 0 amide bonds. The Morgan fingerprint density at radius 1 is 0.909 bits per heavy atom. The van der Waals surface area contributed by atoms with Crippen LogP contribution in [-0.4, -0.2) is 13.2 Å². The third kappa shape index (κ3) is 35.6. The normalized spacial score (nSPS) is 7.64. The van der Waals surface area contributed by atoms with Gasteiger partial charge < -0.3 is 9.47 Å². The smallest absolute Gasteiger partial charge is 0.552 e. The summed E-state index contributed by atoms with van der Waals surface area (Å²) in [6.45, 7) is 12.6. The molecule has 64 valence electrons. The number of hydrogen-bond donors (Lipinski definition) is 0. The molecule has 0 spiro atoms. The van der Waals surface area contributed by atoms with Gasteiger partial charge in [0.15, 0.2) is 0 Å². The van der Waals surface area contributed by atoms with Gasteiger partial charge in [0.25, 0.3) is 0 Å². The molecule has 0 rings (SSSR count). The van der Waals surface area contributed by atoms with Gasteiger partial charge in [-0.15, -0.1) is 0 Å². The van der Waals surface area contributed by atoms with Crippen LogP contribution in [0.4, 0.5) is 0 Å². The van der Waals surface area contributed by atoms with Crippen LogP contribution >= 0.6 is 0 Å². The van der Waals surface area contributed by atoms with Crippen LogP contribution in [0.2, 0.25) is 0 Å². The average molecular weight is 235 g/mol. The fraction of sp³-hybridized carbons (Fsp3) is 0.750. The first-order chi connectivity index (χ1) is 4.83. The molecule has 0 saturated heterocycles. The van der Waals surface area contributed by atoms with Crippen molar-refractivity contribution < 1.29 is 42.2 Å². The Hall–Kier alpha value is 1.02. The van der Waals surface area contributed by atoms with Crippen LogP contribution in [0.3, 0.4) is 0 Å². The summed E-state index contributed by atoms with van der Waals surface area (Å²) >= 11 is 0. The van der Waals surface area contributed by atoms with Crippen LogP contribution in [0.5, 0.6) is 0 Å². The van der Waals surface area contributed by atoms with E-state index in [2.05, 4.69) is 0 Å². The molecular formula is C8H18O2Y+. The van der Waals surface area contributed by atoms with E-state index in [9.17, 15) is 0 Å². The average Bonchev–Trinajstić information content (AvgIpc) is 1.93. The molecule has 0 heterocycles. The summed E-state index contributed by atoms with van der Waals surface area (Å²) in [4.78, 5) is 0. The van der Waals surface area contributed by atoms with Crippen molar-refractivity contribution in [3.05, 3.63) is 13.2 Å². The molecule has 0 saturated carbocycles. The first kappa shape index (κ1) is 17.9. The van der Waals surface area contributed by atoms with Crippen LogP contribution in [0, 0.1) is 13.2 Å². The predicted octanol–water partition coefficient (Wildman–Crippen LogP) is 2.41. The van der Waals surface area contributed by atoms with Gasteiger partial charge in [0.1, 0.15) is 0 Å². The second-order valence-corrected chi connectivity index (χ2v) is 1.38. The topological polar surface area (TPSA) is 18.5 Å². The molecule has 0 aliphatic heterocycles. The quantitative estimate of drug-likeness (QED) is 0.696. The fourth-order valence-electron chi connectivity index (χ4n) is 0.333. The first-order valence-corrected chi connectivity index (χ1v) is 3.62. The molecule has 0 unspecified atom stereocenters. The molecule has 0 N–H and O–H groups in total. The van der Waals surface area contributed by atoms with Gasteiger partial charge in [-0.2, -0.15) is 13.8 Å². The van der Waals surface area contributed by atoms with E-state index >= 15 is 0 Å². The van der Waals surface area contributed by atoms with Crippen molar-refractivity contribution in [1.29, 1.82) is 0 Å². The van der Waals surface area contributed by atoms with Crippen molar-refractivity contribution >= 4 is 0 Å². The van der Waals surface area contributed by atoms with Crippen LogP contribution in [0.15, 0.2) is 0 Å². The van der Waals surface area contributed by atoms with Gasteiger partial charge in [-0.05, 0) is 13.8 Å². The van der Waals surface area contributed by atoms with Crippen molar-refractivity contribution in [2.75, 3.05) is 13.2 Å². The first-order valence-electron chi connectivity index (χ1n) is 3.62. The summed E-state index contributed by atoms with van der Waals surface area (Å²) in [5.74, 6) is 0. The van der Waals surface area contributed by atoms with E-state index < -0.39 is 0 Å². The van der Waals surface area contributed by atoms with Gasteiger partial charge >= 0.3 is 32.7 Å². The molecule has 0 aliphatic rings. The molecule has 0 radical (unpaired) electrons. The molecule has 0 aromatic carbocycles.